The average molecular weight is 114 g/mol. The Morgan fingerprint density at radius 2 is 1.38 bits per heavy atom. The average Bonchev–Trinajstić information content (AvgIpc) is 1.69. The summed E-state index contributed by atoms with van der Waals surface area (Å²) in [7, 11) is 3.80. The van der Waals surface area contributed by atoms with Crippen molar-refractivity contribution in [3.05, 3.63) is 11.4 Å². The third kappa shape index (κ3) is 1.87. The first kappa shape index (κ1) is 7.34. The maximum atomic E-state index is 3.02. The second kappa shape index (κ2) is 3.36. The lowest BCUT2D eigenvalue weighted by atomic mass is 10.3. The van der Waals surface area contributed by atoms with Crippen LogP contribution in [0.5, 0.6) is 0 Å². The monoisotopic (exact) mass is 114 g/mol. The quantitative estimate of drug-likeness (QED) is 0.551. The Balaban J connectivity index is 3.86. The summed E-state index contributed by atoms with van der Waals surface area (Å²) >= 11 is 0. The van der Waals surface area contributed by atoms with E-state index >= 15 is 0 Å². The van der Waals surface area contributed by atoms with Gasteiger partial charge in [-0.25, -0.2) is 0 Å². The zero-order valence-corrected chi connectivity index (χ0v) is 6.00. The van der Waals surface area contributed by atoms with Gasteiger partial charge in [0.25, 0.3) is 0 Å². The van der Waals surface area contributed by atoms with Crippen molar-refractivity contribution in [3.8, 4) is 0 Å². The van der Waals surface area contributed by atoms with Crippen LogP contribution < -0.4 is 10.6 Å². The zero-order chi connectivity index (χ0) is 6.57. The van der Waals surface area contributed by atoms with Crippen LogP contribution in [0.3, 0.4) is 0 Å². The molecule has 2 heteroatoms. The Morgan fingerprint density at radius 3 is 1.38 bits per heavy atom. The Morgan fingerprint density at radius 1 is 1.00 bits per heavy atom. The van der Waals surface area contributed by atoms with Gasteiger partial charge in [-0.15, -0.1) is 0 Å². The lowest BCUT2D eigenvalue weighted by Crippen LogP contribution is -2.20. The van der Waals surface area contributed by atoms with E-state index in [4.69, 9.17) is 0 Å². The minimum atomic E-state index is 1.10. The fourth-order valence-electron chi connectivity index (χ4n) is 0.625. The van der Waals surface area contributed by atoms with Crippen molar-refractivity contribution in [1.82, 2.24) is 10.6 Å². The highest BCUT2D eigenvalue weighted by Crippen LogP contribution is 1.91. The summed E-state index contributed by atoms with van der Waals surface area (Å²) in [6, 6.07) is 0. The summed E-state index contributed by atoms with van der Waals surface area (Å²) in [5, 5.41) is 6.04. The molecular formula is C6H14N2. The fraction of sp³-hybridized carbons (Fsp3) is 0.667. The number of hydrogen-bond acceptors (Lipinski definition) is 2. The van der Waals surface area contributed by atoms with E-state index in [1.54, 1.807) is 0 Å². The number of hydrogen-bond donors (Lipinski definition) is 2. The molecule has 2 nitrogen and oxygen atoms in total. The smallest absolute Gasteiger partial charge is 0.0967 e. The van der Waals surface area contributed by atoms with Crippen LogP contribution in [0, 0.1) is 0 Å². The largest absolute Gasteiger partial charge is 0.375 e. The van der Waals surface area contributed by atoms with E-state index in [9.17, 15) is 0 Å². The molecule has 0 aliphatic carbocycles. The van der Waals surface area contributed by atoms with Crippen LogP contribution in [-0.4, -0.2) is 14.1 Å². The van der Waals surface area contributed by atoms with Crippen LogP contribution >= 0.6 is 0 Å². The molecule has 0 aliphatic heterocycles. The highest BCUT2D eigenvalue weighted by atomic mass is 15.0. The molecule has 0 aromatic carbocycles. The van der Waals surface area contributed by atoms with Gasteiger partial charge in [0.15, 0.2) is 0 Å². The number of rotatable bonds is 2. The summed E-state index contributed by atoms with van der Waals surface area (Å²) in [6.45, 7) is 4.12. The Hall–Kier alpha value is -0.660. The molecule has 0 bridgehead atoms. The number of allylic oxidation sites excluding steroid dienone is 1. The molecular weight excluding hydrogens is 100 g/mol. The topological polar surface area (TPSA) is 24.1 Å². The van der Waals surface area contributed by atoms with E-state index in [1.165, 1.54) is 5.57 Å². The number of nitrogens with one attached hydrogen (secondary N) is 2. The summed E-state index contributed by atoms with van der Waals surface area (Å²) < 4.78 is 0. The molecule has 0 radical (unpaired) electrons. The molecule has 0 aliphatic rings. The first-order chi connectivity index (χ1) is 3.72. The van der Waals surface area contributed by atoms with Gasteiger partial charge in [0, 0.05) is 14.1 Å². The van der Waals surface area contributed by atoms with Crippen molar-refractivity contribution in [1.29, 1.82) is 0 Å². The predicted molar refractivity (Wildman–Crippen MR) is 36.5 cm³/mol. The van der Waals surface area contributed by atoms with Gasteiger partial charge in [-0.05, 0) is 19.4 Å². The molecule has 2 N–H and O–H groups in total. The van der Waals surface area contributed by atoms with Crippen molar-refractivity contribution in [3.63, 3.8) is 0 Å². The van der Waals surface area contributed by atoms with Crippen molar-refractivity contribution < 1.29 is 0 Å². The van der Waals surface area contributed by atoms with Crippen molar-refractivity contribution >= 4 is 0 Å². The molecule has 8 heavy (non-hydrogen) atoms. The van der Waals surface area contributed by atoms with Gasteiger partial charge in [0.1, 0.15) is 0 Å². The minimum Gasteiger partial charge on any atom is -0.375 e. The third-order valence-electron chi connectivity index (χ3n) is 1.00. The van der Waals surface area contributed by atoms with Crippen LogP contribution in [0.4, 0.5) is 0 Å². The van der Waals surface area contributed by atoms with Crippen molar-refractivity contribution in [2.45, 2.75) is 13.8 Å². The molecule has 0 aromatic rings. The normalized spacial score (nSPS) is 8.00. The standard InChI is InChI=1S/C6H14N2/c1-5(2)6(7-3)8-4/h7-8H,1-4H3. The van der Waals surface area contributed by atoms with Crippen LogP contribution in [0.15, 0.2) is 11.4 Å². The fourth-order valence-corrected chi connectivity index (χ4v) is 0.625. The van der Waals surface area contributed by atoms with Gasteiger partial charge in [-0.2, -0.15) is 0 Å². The van der Waals surface area contributed by atoms with Gasteiger partial charge >= 0.3 is 0 Å². The highest BCUT2D eigenvalue weighted by molar-refractivity contribution is 5.03. The lowest BCUT2D eigenvalue weighted by Gasteiger charge is -2.06. The summed E-state index contributed by atoms with van der Waals surface area (Å²) in [5.41, 5.74) is 1.27. The molecule has 0 aromatic heterocycles. The molecule has 0 heterocycles. The van der Waals surface area contributed by atoms with E-state index < -0.39 is 0 Å². The summed E-state index contributed by atoms with van der Waals surface area (Å²) in [4.78, 5) is 0. The molecule has 0 unspecified atom stereocenters. The highest BCUT2D eigenvalue weighted by Gasteiger charge is 1.87. The molecule has 0 fully saturated rings. The van der Waals surface area contributed by atoms with E-state index in [0.29, 0.717) is 0 Å². The van der Waals surface area contributed by atoms with Gasteiger partial charge in [0.2, 0.25) is 0 Å². The van der Waals surface area contributed by atoms with Crippen LogP contribution in [0.25, 0.3) is 0 Å². The first-order valence-electron chi connectivity index (χ1n) is 2.75. The second-order valence-electron chi connectivity index (χ2n) is 1.88. The molecule has 0 amide bonds. The van der Waals surface area contributed by atoms with E-state index in [0.717, 1.165) is 5.82 Å². The van der Waals surface area contributed by atoms with E-state index in [2.05, 4.69) is 24.5 Å². The molecule has 0 saturated heterocycles. The van der Waals surface area contributed by atoms with E-state index in [-0.39, 0.29) is 0 Å². The molecule has 0 atom stereocenters. The minimum absolute atomic E-state index is 1.10. The maximum absolute atomic E-state index is 3.02. The van der Waals surface area contributed by atoms with Crippen LogP contribution in [0.1, 0.15) is 13.8 Å². The Bertz CT molecular complexity index is 84.7. The van der Waals surface area contributed by atoms with Crippen LogP contribution in [0.2, 0.25) is 0 Å². The Kier molecular flexibility index (Phi) is 3.08. The molecule has 0 saturated carbocycles. The molecule has 0 rings (SSSR count). The second-order valence-corrected chi connectivity index (χ2v) is 1.88. The van der Waals surface area contributed by atoms with Crippen molar-refractivity contribution in [2.24, 2.45) is 0 Å². The maximum Gasteiger partial charge on any atom is 0.0967 e. The predicted octanol–water partition coefficient (Wildman–Crippen LogP) is 0.677. The van der Waals surface area contributed by atoms with Gasteiger partial charge in [-0.3, -0.25) is 0 Å². The Labute approximate surface area is 51.0 Å². The zero-order valence-electron chi connectivity index (χ0n) is 6.00. The van der Waals surface area contributed by atoms with E-state index in [1.807, 2.05) is 14.1 Å². The molecule has 48 valence electrons. The summed E-state index contributed by atoms with van der Waals surface area (Å²) in [6.07, 6.45) is 0. The van der Waals surface area contributed by atoms with Crippen LogP contribution in [-0.2, 0) is 0 Å². The lowest BCUT2D eigenvalue weighted by molar-refractivity contribution is 0.814. The third-order valence-corrected chi connectivity index (χ3v) is 1.00. The SMILES string of the molecule is CNC(NC)=C(C)C. The molecule has 0 spiro atoms. The van der Waals surface area contributed by atoms with Crippen molar-refractivity contribution in [2.75, 3.05) is 14.1 Å². The van der Waals surface area contributed by atoms with Gasteiger partial charge < -0.3 is 10.6 Å². The summed E-state index contributed by atoms with van der Waals surface area (Å²) in [5.74, 6) is 1.10. The first-order valence-corrected chi connectivity index (χ1v) is 2.75. The van der Waals surface area contributed by atoms with Gasteiger partial charge in [0.05, 0.1) is 5.82 Å². The van der Waals surface area contributed by atoms with Gasteiger partial charge in [-0.1, -0.05) is 0 Å².